The standard InChI is InChI=1S/C8H6Cl2O2.ClH/c9-6-4-2-1-3-5(6)7(10)8(11)12;/h1-4,7H,(H,11,12);1H. The predicted molar refractivity (Wildman–Crippen MR) is 54.9 cm³/mol. The lowest BCUT2D eigenvalue weighted by molar-refractivity contribution is -0.136. The van der Waals surface area contributed by atoms with Gasteiger partial charge in [0.25, 0.3) is 0 Å². The zero-order valence-electron chi connectivity index (χ0n) is 6.41. The number of carbonyl (C=O) groups is 1. The minimum atomic E-state index is -1.09. The minimum absolute atomic E-state index is 0. The Bertz CT molecular complexity index is 301. The van der Waals surface area contributed by atoms with E-state index in [1.54, 1.807) is 24.3 Å². The molecule has 1 N–H and O–H groups in total. The van der Waals surface area contributed by atoms with Crippen molar-refractivity contribution >= 4 is 41.6 Å². The van der Waals surface area contributed by atoms with Crippen molar-refractivity contribution < 1.29 is 9.90 Å². The highest BCUT2D eigenvalue weighted by molar-refractivity contribution is 6.35. The molecule has 1 unspecified atom stereocenters. The molecule has 0 radical (unpaired) electrons. The average molecular weight is 242 g/mol. The Balaban J connectivity index is 0.00000144. The lowest BCUT2D eigenvalue weighted by Gasteiger charge is -2.05. The fourth-order valence-corrected chi connectivity index (χ4v) is 1.30. The van der Waals surface area contributed by atoms with Crippen molar-refractivity contribution in [3.05, 3.63) is 34.9 Å². The van der Waals surface area contributed by atoms with Gasteiger partial charge >= 0.3 is 5.97 Å². The molecule has 0 saturated heterocycles. The molecular formula is C8H7Cl3O2. The first kappa shape index (κ1) is 12.6. The van der Waals surface area contributed by atoms with Crippen LogP contribution in [0.3, 0.4) is 0 Å². The molecule has 0 aliphatic carbocycles. The van der Waals surface area contributed by atoms with Gasteiger partial charge in [-0.1, -0.05) is 29.8 Å². The summed E-state index contributed by atoms with van der Waals surface area (Å²) in [4.78, 5) is 10.5. The van der Waals surface area contributed by atoms with Crippen molar-refractivity contribution in [2.75, 3.05) is 0 Å². The van der Waals surface area contributed by atoms with E-state index in [4.69, 9.17) is 28.3 Å². The second kappa shape index (κ2) is 5.32. The van der Waals surface area contributed by atoms with Crippen molar-refractivity contribution in [3.63, 3.8) is 0 Å². The SMILES string of the molecule is Cl.O=C(O)C(Cl)c1ccccc1Cl. The molecule has 0 spiro atoms. The highest BCUT2D eigenvalue weighted by atomic mass is 35.5. The van der Waals surface area contributed by atoms with Gasteiger partial charge in [-0.15, -0.1) is 24.0 Å². The Labute approximate surface area is 91.9 Å². The molecule has 0 aliphatic rings. The highest BCUT2D eigenvalue weighted by Crippen LogP contribution is 2.27. The van der Waals surface area contributed by atoms with E-state index in [1.807, 2.05) is 0 Å². The van der Waals surface area contributed by atoms with E-state index in [2.05, 4.69) is 0 Å². The monoisotopic (exact) mass is 240 g/mol. The summed E-state index contributed by atoms with van der Waals surface area (Å²) in [5.74, 6) is -1.09. The van der Waals surface area contributed by atoms with Crippen LogP contribution in [-0.4, -0.2) is 11.1 Å². The molecule has 0 aliphatic heterocycles. The molecule has 0 heterocycles. The predicted octanol–water partition coefficient (Wildman–Crippen LogP) is 3.13. The van der Waals surface area contributed by atoms with Crippen molar-refractivity contribution in [2.24, 2.45) is 0 Å². The third kappa shape index (κ3) is 3.07. The first-order chi connectivity index (χ1) is 5.63. The quantitative estimate of drug-likeness (QED) is 0.808. The van der Waals surface area contributed by atoms with Gasteiger partial charge in [0.05, 0.1) is 0 Å². The largest absolute Gasteiger partial charge is 0.480 e. The zero-order chi connectivity index (χ0) is 9.14. The summed E-state index contributed by atoms with van der Waals surface area (Å²) >= 11 is 11.3. The number of carboxylic acids is 1. The van der Waals surface area contributed by atoms with E-state index < -0.39 is 11.3 Å². The molecule has 0 bridgehead atoms. The third-order valence-electron chi connectivity index (χ3n) is 1.40. The Morgan fingerprint density at radius 1 is 1.38 bits per heavy atom. The van der Waals surface area contributed by atoms with Crippen LogP contribution in [0, 0.1) is 0 Å². The second-order valence-corrected chi connectivity index (χ2v) is 3.07. The fourth-order valence-electron chi connectivity index (χ4n) is 0.814. The smallest absolute Gasteiger partial charge is 0.326 e. The maximum absolute atomic E-state index is 10.5. The van der Waals surface area contributed by atoms with Crippen LogP contribution < -0.4 is 0 Å². The van der Waals surface area contributed by atoms with Crippen LogP contribution >= 0.6 is 35.6 Å². The number of aliphatic carboxylic acids is 1. The minimum Gasteiger partial charge on any atom is -0.480 e. The van der Waals surface area contributed by atoms with E-state index in [-0.39, 0.29) is 12.4 Å². The third-order valence-corrected chi connectivity index (χ3v) is 2.16. The fraction of sp³-hybridized carbons (Fsp3) is 0.125. The van der Waals surface area contributed by atoms with Gasteiger partial charge in [0.2, 0.25) is 0 Å². The van der Waals surface area contributed by atoms with Crippen LogP contribution in [0.2, 0.25) is 5.02 Å². The summed E-state index contributed by atoms with van der Waals surface area (Å²) in [5, 5.41) is 7.87. The van der Waals surface area contributed by atoms with Crippen LogP contribution in [0.4, 0.5) is 0 Å². The summed E-state index contributed by atoms with van der Waals surface area (Å²) in [5.41, 5.74) is 0.424. The summed E-state index contributed by atoms with van der Waals surface area (Å²) in [7, 11) is 0. The first-order valence-corrected chi connectivity index (χ1v) is 4.05. The Morgan fingerprint density at radius 3 is 2.38 bits per heavy atom. The normalized spacial score (nSPS) is 11.5. The van der Waals surface area contributed by atoms with E-state index >= 15 is 0 Å². The Kier molecular flexibility index (Phi) is 5.14. The van der Waals surface area contributed by atoms with Crippen molar-refractivity contribution in [1.82, 2.24) is 0 Å². The molecule has 0 fully saturated rings. The summed E-state index contributed by atoms with van der Waals surface area (Å²) in [6, 6.07) is 6.61. The summed E-state index contributed by atoms with van der Waals surface area (Å²) in [6.45, 7) is 0. The van der Waals surface area contributed by atoms with Gasteiger partial charge in [-0.2, -0.15) is 0 Å². The maximum Gasteiger partial charge on any atom is 0.326 e. The highest BCUT2D eigenvalue weighted by Gasteiger charge is 2.18. The van der Waals surface area contributed by atoms with Gasteiger partial charge in [0.1, 0.15) is 0 Å². The van der Waals surface area contributed by atoms with E-state index in [0.717, 1.165) is 0 Å². The second-order valence-electron chi connectivity index (χ2n) is 2.22. The number of halogens is 3. The number of alkyl halides is 1. The average Bonchev–Trinajstić information content (AvgIpc) is 2.04. The molecule has 1 atom stereocenters. The molecule has 1 aromatic carbocycles. The van der Waals surface area contributed by atoms with Crippen LogP contribution in [0.25, 0.3) is 0 Å². The molecule has 72 valence electrons. The van der Waals surface area contributed by atoms with Gasteiger partial charge in [0.15, 0.2) is 5.38 Å². The van der Waals surface area contributed by atoms with Gasteiger partial charge in [-0.3, -0.25) is 4.79 Å². The molecule has 0 saturated carbocycles. The lowest BCUT2D eigenvalue weighted by atomic mass is 10.1. The van der Waals surface area contributed by atoms with Crippen LogP contribution in [0.15, 0.2) is 24.3 Å². The van der Waals surface area contributed by atoms with Crippen LogP contribution in [0.1, 0.15) is 10.9 Å². The van der Waals surface area contributed by atoms with Crippen molar-refractivity contribution in [1.29, 1.82) is 0 Å². The summed E-state index contributed by atoms with van der Waals surface area (Å²) in [6.07, 6.45) is 0. The molecular weight excluding hydrogens is 234 g/mol. The van der Waals surface area contributed by atoms with Gasteiger partial charge in [-0.25, -0.2) is 0 Å². The number of carboxylic acid groups (broad SMARTS) is 1. The zero-order valence-corrected chi connectivity index (χ0v) is 8.73. The van der Waals surface area contributed by atoms with Crippen LogP contribution in [-0.2, 0) is 4.79 Å². The molecule has 13 heavy (non-hydrogen) atoms. The Hall–Kier alpha value is -0.440. The molecule has 1 rings (SSSR count). The number of benzene rings is 1. The number of rotatable bonds is 2. The Morgan fingerprint density at radius 2 is 1.92 bits per heavy atom. The van der Waals surface area contributed by atoms with Gasteiger partial charge in [0, 0.05) is 5.02 Å². The van der Waals surface area contributed by atoms with Crippen molar-refractivity contribution in [2.45, 2.75) is 5.38 Å². The van der Waals surface area contributed by atoms with E-state index in [1.165, 1.54) is 0 Å². The van der Waals surface area contributed by atoms with Gasteiger partial charge in [-0.05, 0) is 11.6 Å². The topological polar surface area (TPSA) is 37.3 Å². The maximum atomic E-state index is 10.5. The molecule has 0 aromatic heterocycles. The van der Waals surface area contributed by atoms with Crippen LogP contribution in [0.5, 0.6) is 0 Å². The van der Waals surface area contributed by atoms with Crippen molar-refractivity contribution in [3.8, 4) is 0 Å². The van der Waals surface area contributed by atoms with E-state index in [0.29, 0.717) is 10.6 Å². The molecule has 1 aromatic rings. The molecule has 5 heteroatoms. The first-order valence-electron chi connectivity index (χ1n) is 3.24. The molecule has 2 nitrogen and oxygen atoms in total. The lowest BCUT2D eigenvalue weighted by Crippen LogP contribution is -2.05. The van der Waals surface area contributed by atoms with E-state index in [9.17, 15) is 4.79 Å². The number of hydrogen-bond acceptors (Lipinski definition) is 1. The number of hydrogen-bond donors (Lipinski definition) is 1. The summed E-state index contributed by atoms with van der Waals surface area (Å²) < 4.78 is 0. The van der Waals surface area contributed by atoms with Gasteiger partial charge < -0.3 is 5.11 Å². The molecule has 0 amide bonds.